The first-order valence-electron chi connectivity index (χ1n) is 11.8. The molecule has 2 aromatic carbocycles. The minimum atomic E-state index is 0.166. The molecule has 0 saturated carbocycles. The highest BCUT2D eigenvalue weighted by molar-refractivity contribution is 7.17. The van der Waals surface area contributed by atoms with E-state index in [0.29, 0.717) is 19.0 Å². The van der Waals surface area contributed by atoms with Gasteiger partial charge in [0.1, 0.15) is 23.0 Å². The molecule has 0 amide bonds. The van der Waals surface area contributed by atoms with Crippen molar-refractivity contribution in [1.82, 2.24) is 14.9 Å². The molecule has 5 rings (SSSR count). The van der Waals surface area contributed by atoms with Crippen molar-refractivity contribution in [2.24, 2.45) is 0 Å². The van der Waals surface area contributed by atoms with Crippen LogP contribution in [0.1, 0.15) is 17.4 Å². The lowest BCUT2D eigenvalue weighted by Gasteiger charge is -2.35. The summed E-state index contributed by atoms with van der Waals surface area (Å²) in [5.74, 6) is 2.38. The molecule has 0 aliphatic carbocycles. The van der Waals surface area contributed by atoms with Crippen LogP contribution in [0, 0.1) is 0 Å². The molecule has 4 aromatic rings. The van der Waals surface area contributed by atoms with Crippen molar-refractivity contribution in [2.45, 2.75) is 12.6 Å². The highest BCUT2D eigenvalue weighted by Crippen LogP contribution is 2.37. The van der Waals surface area contributed by atoms with Crippen molar-refractivity contribution in [2.75, 3.05) is 52.4 Å². The number of hydrogen-bond acceptors (Lipinski definition) is 8. The number of anilines is 1. The second-order valence-electron chi connectivity index (χ2n) is 8.44. The Morgan fingerprint density at radius 2 is 1.80 bits per heavy atom. The highest BCUT2D eigenvalue weighted by Gasteiger charge is 2.24. The predicted octanol–water partition coefficient (Wildman–Crippen LogP) is 5.00. The first-order valence-corrected chi connectivity index (χ1v) is 12.7. The number of methoxy groups -OCH3 is 2. The van der Waals surface area contributed by atoms with E-state index in [-0.39, 0.29) is 6.04 Å². The summed E-state index contributed by atoms with van der Waals surface area (Å²) in [7, 11) is 3.36. The van der Waals surface area contributed by atoms with Gasteiger partial charge in [-0.2, -0.15) is 0 Å². The van der Waals surface area contributed by atoms with Gasteiger partial charge in [-0.3, -0.25) is 4.90 Å². The van der Waals surface area contributed by atoms with E-state index in [1.165, 1.54) is 5.56 Å². The molecule has 3 heterocycles. The maximum atomic E-state index is 5.62. The molecule has 0 bridgehead atoms. The van der Waals surface area contributed by atoms with Crippen molar-refractivity contribution in [1.29, 1.82) is 0 Å². The molecule has 0 unspecified atom stereocenters. The van der Waals surface area contributed by atoms with Crippen LogP contribution in [-0.2, 0) is 16.1 Å². The SMILES string of the molecule is COCc1nc(NC[C@H](c2ccc(OC)cc2)N2CCOCC2)c2c(-c3ccccc3)csc2n1. The molecule has 1 aliphatic heterocycles. The fourth-order valence-electron chi connectivity index (χ4n) is 4.50. The van der Waals surface area contributed by atoms with E-state index in [0.717, 1.165) is 59.2 Å². The number of nitrogens with one attached hydrogen (secondary N) is 1. The number of rotatable bonds is 9. The lowest BCUT2D eigenvalue weighted by molar-refractivity contribution is 0.0187. The second kappa shape index (κ2) is 11.1. The van der Waals surface area contributed by atoms with Crippen molar-refractivity contribution in [3.8, 4) is 16.9 Å². The quantitative estimate of drug-likeness (QED) is 0.354. The van der Waals surface area contributed by atoms with Crippen LogP contribution < -0.4 is 10.1 Å². The number of fused-ring (bicyclic) bond motifs is 1. The van der Waals surface area contributed by atoms with Gasteiger partial charge in [0.25, 0.3) is 0 Å². The maximum absolute atomic E-state index is 5.62. The number of hydrogen-bond donors (Lipinski definition) is 1. The van der Waals surface area contributed by atoms with Crippen LogP contribution >= 0.6 is 11.3 Å². The summed E-state index contributed by atoms with van der Waals surface area (Å²) in [6.45, 7) is 4.33. The smallest absolute Gasteiger partial charge is 0.158 e. The van der Waals surface area contributed by atoms with Gasteiger partial charge in [-0.05, 0) is 23.3 Å². The van der Waals surface area contributed by atoms with Crippen molar-refractivity contribution < 1.29 is 14.2 Å². The number of aromatic nitrogens is 2. The molecule has 1 N–H and O–H groups in total. The summed E-state index contributed by atoms with van der Waals surface area (Å²) in [5, 5.41) is 6.91. The molecular weight excluding hydrogens is 460 g/mol. The number of benzene rings is 2. The Kier molecular flexibility index (Phi) is 7.54. The third kappa shape index (κ3) is 5.31. The molecule has 35 heavy (non-hydrogen) atoms. The van der Waals surface area contributed by atoms with Gasteiger partial charge < -0.3 is 19.5 Å². The molecule has 1 aliphatic rings. The summed E-state index contributed by atoms with van der Waals surface area (Å²) >= 11 is 1.64. The number of thiophene rings is 1. The fourth-order valence-corrected chi connectivity index (χ4v) is 5.47. The largest absolute Gasteiger partial charge is 0.497 e. The Bertz CT molecular complexity index is 1240. The summed E-state index contributed by atoms with van der Waals surface area (Å²) < 4.78 is 16.4. The van der Waals surface area contributed by atoms with Gasteiger partial charge in [-0.1, -0.05) is 42.5 Å². The average molecular weight is 491 g/mol. The summed E-state index contributed by atoms with van der Waals surface area (Å²) in [6.07, 6.45) is 0. The van der Waals surface area contributed by atoms with E-state index in [1.807, 2.05) is 18.2 Å². The van der Waals surface area contributed by atoms with Crippen molar-refractivity contribution in [3.63, 3.8) is 0 Å². The van der Waals surface area contributed by atoms with E-state index < -0.39 is 0 Å². The lowest BCUT2D eigenvalue weighted by Crippen LogP contribution is -2.41. The van der Waals surface area contributed by atoms with Gasteiger partial charge in [0.15, 0.2) is 5.82 Å². The minimum Gasteiger partial charge on any atom is -0.497 e. The minimum absolute atomic E-state index is 0.166. The molecule has 182 valence electrons. The van der Waals surface area contributed by atoms with Gasteiger partial charge in [0, 0.05) is 37.7 Å². The topological polar surface area (TPSA) is 68.7 Å². The van der Waals surface area contributed by atoms with Gasteiger partial charge in [-0.15, -0.1) is 11.3 Å². The normalized spacial score (nSPS) is 15.3. The maximum Gasteiger partial charge on any atom is 0.158 e. The molecule has 0 radical (unpaired) electrons. The zero-order valence-corrected chi connectivity index (χ0v) is 20.9. The van der Waals surface area contributed by atoms with Crippen LogP contribution in [0.25, 0.3) is 21.3 Å². The molecular formula is C27H30N4O3S. The van der Waals surface area contributed by atoms with E-state index in [2.05, 4.69) is 52.0 Å². The van der Waals surface area contributed by atoms with Gasteiger partial charge in [0.05, 0.1) is 31.8 Å². The monoisotopic (exact) mass is 490 g/mol. The van der Waals surface area contributed by atoms with Crippen molar-refractivity contribution >= 4 is 27.4 Å². The third-order valence-corrected chi connectivity index (χ3v) is 7.16. The van der Waals surface area contributed by atoms with E-state index in [9.17, 15) is 0 Å². The van der Waals surface area contributed by atoms with Crippen LogP contribution in [0.2, 0.25) is 0 Å². The van der Waals surface area contributed by atoms with Gasteiger partial charge >= 0.3 is 0 Å². The van der Waals surface area contributed by atoms with Crippen LogP contribution in [0.4, 0.5) is 5.82 Å². The number of morpholine rings is 1. The average Bonchev–Trinajstić information content (AvgIpc) is 3.35. The van der Waals surface area contributed by atoms with Crippen LogP contribution in [0.15, 0.2) is 60.0 Å². The fraction of sp³-hybridized carbons (Fsp3) is 0.333. The van der Waals surface area contributed by atoms with Crippen LogP contribution in [-0.4, -0.2) is 61.9 Å². The standard InChI is InChI=1S/C27H30N4O3S/c1-32-17-24-29-26(25-22(18-35-27(25)30-24)19-6-4-3-5-7-19)28-16-23(31-12-14-34-15-13-31)20-8-10-21(33-2)11-9-20/h3-11,18,23H,12-17H2,1-2H3,(H,28,29,30)/t23-/m1/s1. The zero-order chi connectivity index (χ0) is 24.0. The van der Waals surface area contributed by atoms with E-state index >= 15 is 0 Å². The molecule has 1 saturated heterocycles. The van der Waals surface area contributed by atoms with E-state index in [1.54, 1.807) is 25.6 Å². The second-order valence-corrected chi connectivity index (χ2v) is 9.29. The van der Waals surface area contributed by atoms with E-state index in [4.69, 9.17) is 24.2 Å². The third-order valence-electron chi connectivity index (χ3n) is 6.29. The lowest BCUT2D eigenvalue weighted by atomic mass is 10.0. The van der Waals surface area contributed by atoms with Crippen molar-refractivity contribution in [3.05, 3.63) is 71.4 Å². The molecule has 2 aromatic heterocycles. The first kappa shape index (κ1) is 23.7. The Morgan fingerprint density at radius 3 is 2.51 bits per heavy atom. The van der Waals surface area contributed by atoms with Crippen LogP contribution in [0.5, 0.6) is 5.75 Å². The van der Waals surface area contributed by atoms with Gasteiger partial charge in [-0.25, -0.2) is 9.97 Å². The zero-order valence-electron chi connectivity index (χ0n) is 20.1. The highest BCUT2D eigenvalue weighted by atomic mass is 32.1. The summed E-state index contributed by atoms with van der Waals surface area (Å²) in [5.41, 5.74) is 3.53. The Balaban J connectivity index is 1.50. The van der Waals surface area contributed by atoms with Gasteiger partial charge in [0.2, 0.25) is 0 Å². The summed E-state index contributed by atoms with van der Waals surface area (Å²) in [4.78, 5) is 13.1. The molecule has 0 spiro atoms. The number of nitrogens with zero attached hydrogens (tertiary/aromatic N) is 3. The first-order chi connectivity index (χ1) is 17.3. The predicted molar refractivity (Wildman–Crippen MR) is 140 cm³/mol. The van der Waals surface area contributed by atoms with Crippen LogP contribution in [0.3, 0.4) is 0 Å². The summed E-state index contributed by atoms with van der Waals surface area (Å²) in [6, 6.07) is 18.9. The molecule has 7 nitrogen and oxygen atoms in total. The molecule has 8 heteroatoms. The number of ether oxygens (including phenoxy) is 3. The Morgan fingerprint density at radius 1 is 1.03 bits per heavy atom. The molecule has 1 atom stereocenters. The Hall–Kier alpha value is -3.04. The Labute approximate surface area is 209 Å². The molecule has 1 fully saturated rings.